The number of anilines is 2. The Morgan fingerprint density at radius 3 is 3.00 bits per heavy atom. The summed E-state index contributed by atoms with van der Waals surface area (Å²) in [4.78, 5) is 27.6. The molecule has 1 heterocycles. The summed E-state index contributed by atoms with van der Waals surface area (Å²) in [5.74, 6) is -0.319. The molecule has 1 aromatic carbocycles. The molecule has 0 aliphatic heterocycles. The highest BCUT2D eigenvalue weighted by atomic mass is 79.9. The number of carbonyl (C=O) groups excluding carboxylic acids is 1. The number of benzene rings is 1. The van der Waals surface area contributed by atoms with Gasteiger partial charge in [-0.2, -0.15) is 0 Å². The third kappa shape index (κ3) is 3.24. The predicted octanol–water partition coefficient (Wildman–Crippen LogP) is 1.54. The highest BCUT2D eigenvalue weighted by Crippen LogP contribution is 2.17. The van der Waals surface area contributed by atoms with Crippen molar-refractivity contribution >= 4 is 33.2 Å². The number of nitrogen functional groups attached to an aromatic ring is 1. The van der Waals surface area contributed by atoms with Crippen molar-refractivity contribution in [3.8, 4) is 0 Å². The van der Waals surface area contributed by atoms with Gasteiger partial charge >= 0.3 is 0 Å². The van der Waals surface area contributed by atoms with Crippen LogP contribution in [0.15, 0.2) is 40.0 Å². The van der Waals surface area contributed by atoms with Crippen LogP contribution in [0.3, 0.4) is 0 Å². The van der Waals surface area contributed by atoms with Gasteiger partial charge in [-0.15, -0.1) is 0 Å². The fourth-order valence-electron chi connectivity index (χ4n) is 1.66. The standard InChI is InChI=1S/C13H13BrN4O2/c1-8-2-3-9(15)4-11(8)17-12(19)6-18-7-16-5-10(14)13(18)20/h2-5,7H,6,15H2,1H3,(H,17,19). The van der Waals surface area contributed by atoms with Crippen LogP contribution in [0.25, 0.3) is 0 Å². The van der Waals surface area contributed by atoms with Crippen molar-refractivity contribution in [3.05, 3.63) is 51.1 Å². The zero-order chi connectivity index (χ0) is 14.7. The lowest BCUT2D eigenvalue weighted by molar-refractivity contribution is -0.116. The summed E-state index contributed by atoms with van der Waals surface area (Å²) in [5.41, 5.74) is 7.46. The minimum atomic E-state index is -0.319. The minimum absolute atomic E-state index is 0.112. The van der Waals surface area contributed by atoms with E-state index < -0.39 is 0 Å². The van der Waals surface area contributed by atoms with E-state index >= 15 is 0 Å². The van der Waals surface area contributed by atoms with Gasteiger partial charge in [-0.1, -0.05) is 6.07 Å². The predicted molar refractivity (Wildman–Crippen MR) is 80.4 cm³/mol. The molecule has 0 atom stereocenters. The number of aryl methyl sites for hydroxylation is 1. The molecule has 0 saturated carbocycles. The Hall–Kier alpha value is -2.15. The Morgan fingerprint density at radius 2 is 2.25 bits per heavy atom. The number of hydrogen-bond donors (Lipinski definition) is 2. The molecular weight excluding hydrogens is 324 g/mol. The Bertz CT molecular complexity index is 712. The molecule has 0 aliphatic rings. The first-order chi connectivity index (χ1) is 9.47. The first kappa shape index (κ1) is 14.3. The third-order valence-corrected chi connectivity index (χ3v) is 3.25. The van der Waals surface area contributed by atoms with Crippen LogP contribution in [-0.4, -0.2) is 15.5 Å². The van der Waals surface area contributed by atoms with E-state index in [-0.39, 0.29) is 18.0 Å². The molecule has 6 nitrogen and oxygen atoms in total. The first-order valence-corrected chi connectivity index (χ1v) is 6.62. The fourth-order valence-corrected chi connectivity index (χ4v) is 2.00. The lowest BCUT2D eigenvalue weighted by Crippen LogP contribution is -2.28. The summed E-state index contributed by atoms with van der Waals surface area (Å²) in [5, 5.41) is 2.72. The van der Waals surface area contributed by atoms with Crippen LogP contribution >= 0.6 is 15.9 Å². The molecule has 2 rings (SSSR count). The van der Waals surface area contributed by atoms with Crippen LogP contribution in [0.4, 0.5) is 11.4 Å². The summed E-state index contributed by atoms with van der Waals surface area (Å²) in [6.07, 6.45) is 2.71. The van der Waals surface area contributed by atoms with Gasteiger partial charge in [0.05, 0.1) is 6.33 Å². The minimum Gasteiger partial charge on any atom is -0.399 e. The largest absolute Gasteiger partial charge is 0.399 e. The smallest absolute Gasteiger partial charge is 0.268 e. The van der Waals surface area contributed by atoms with Crippen LogP contribution in [-0.2, 0) is 11.3 Å². The van der Waals surface area contributed by atoms with Crippen LogP contribution in [0, 0.1) is 6.92 Å². The number of nitrogens with two attached hydrogens (primary N) is 1. The van der Waals surface area contributed by atoms with E-state index in [4.69, 9.17) is 5.73 Å². The number of nitrogens with zero attached hydrogens (tertiary/aromatic N) is 2. The lowest BCUT2D eigenvalue weighted by atomic mass is 10.2. The average Bonchev–Trinajstić information content (AvgIpc) is 2.39. The number of carbonyl (C=O) groups is 1. The van der Waals surface area contributed by atoms with E-state index in [1.807, 2.05) is 13.0 Å². The van der Waals surface area contributed by atoms with Gasteiger partial charge in [0.15, 0.2) is 0 Å². The molecule has 104 valence electrons. The van der Waals surface area contributed by atoms with Crippen LogP contribution in [0.2, 0.25) is 0 Å². The van der Waals surface area contributed by atoms with Gasteiger partial charge in [0.1, 0.15) is 11.0 Å². The number of aromatic nitrogens is 2. The van der Waals surface area contributed by atoms with Crippen LogP contribution in [0.1, 0.15) is 5.56 Å². The highest BCUT2D eigenvalue weighted by Gasteiger charge is 2.08. The zero-order valence-electron chi connectivity index (χ0n) is 10.8. The summed E-state index contributed by atoms with van der Waals surface area (Å²) < 4.78 is 1.54. The molecule has 0 saturated heterocycles. The van der Waals surface area contributed by atoms with E-state index in [0.717, 1.165) is 5.56 Å². The maximum Gasteiger partial charge on any atom is 0.268 e. The monoisotopic (exact) mass is 336 g/mol. The topological polar surface area (TPSA) is 90.0 Å². The molecule has 7 heteroatoms. The third-order valence-electron chi connectivity index (χ3n) is 2.71. The number of halogens is 1. The molecule has 0 unspecified atom stereocenters. The molecule has 20 heavy (non-hydrogen) atoms. The van der Waals surface area contributed by atoms with Gasteiger partial charge in [0, 0.05) is 17.6 Å². The van der Waals surface area contributed by atoms with Crippen molar-refractivity contribution < 1.29 is 4.79 Å². The molecule has 0 bridgehead atoms. The summed E-state index contributed by atoms with van der Waals surface area (Å²) in [7, 11) is 0. The second-order valence-corrected chi connectivity index (χ2v) is 5.15. The summed E-state index contributed by atoms with van der Waals surface area (Å²) >= 11 is 3.08. The van der Waals surface area contributed by atoms with Gasteiger partial charge in [0.25, 0.3) is 5.56 Å². The Kier molecular flexibility index (Phi) is 4.19. The Balaban J connectivity index is 2.15. The van der Waals surface area contributed by atoms with E-state index in [1.54, 1.807) is 12.1 Å². The molecule has 1 aromatic heterocycles. The Labute approximate surface area is 123 Å². The maximum absolute atomic E-state index is 12.0. The number of nitrogens with one attached hydrogen (secondary N) is 1. The quantitative estimate of drug-likeness (QED) is 0.832. The van der Waals surface area contributed by atoms with Crippen molar-refractivity contribution in [2.75, 3.05) is 11.1 Å². The van der Waals surface area contributed by atoms with Gasteiger partial charge in [-0.05, 0) is 40.5 Å². The van der Waals surface area contributed by atoms with E-state index in [2.05, 4.69) is 26.2 Å². The Morgan fingerprint density at radius 1 is 1.50 bits per heavy atom. The SMILES string of the molecule is Cc1ccc(N)cc1NC(=O)Cn1cncc(Br)c1=O. The summed E-state index contributed by atoms with van der Waals surface area (Å²) in [6, 6.07) is 5.25. The molecule has 0 fully saturated rings. The van der Waals surface area contributed by atoms with E-state index in [0.29, 0.717) is 15.8 Å². The highest BCUT2D eigenvalue weighted by molar-refractivity contribution is 9.10. The number of hydrogen-bond acceptors (Lipinski definition) is 4. The lowest BCUT2D eigenvalue weighted by Gasteiger charge is -2.10. The number of rotatable bonds is 3. The molecule has 2 aromatic rings. The van der Waals surface area contributed by atoms with Gasteiger partial charge < -0.3 is 11.1 Å². The first-order valence-electron chi connectivity index (χ1n) is 5.83. The summed E-state index contributed by atoms with van der Waals surface area (Å²) in [6.45, 7) is 1.75. The second kappa shape index (κ2) is 5.87. The van der Waals surface area contributed by atoms with Gasteiger partial charge in [-0.25, -0.2) is 4.98 Å². The fraction of sp³-hybridized carbons (Fsp3) is 0.154. The van der Waals surface area contributed by atoms with Gasteiger partial charge in [0.2, 0.25) is 5.91 Å². The number of amides is 1. The average molecular weight is 337 g/mol. The van der Waals surface area contributed by atoms with Crippen LogP contribution in [0.5, 0.6) is 0 Å². The second-order valence-electron chi connectivity index (χ2n) is 4.30. The molecule has 0 radical (unpaired) electrons. The molecule has 1 amide bonds. The van der Waals surface area contributed by atoms with Crippen molar-refractivity contribution in [2.45, 2.75) is 13.5 Å². The molecule has 3 N–H and O–H groups in total. The van der Waals surface area contributed by atoms with Crippen molar-refractivity contribution in [1.82, 2.24) is 9.55 Å². The van der Waals surface area contributed by atoms with E-state index in [9.17, 15) is 9.59 Å². The van der Waals surface area contributed by atoms with Crippen LogP contribution < -0.4 is 16.6 Å². The van der Waals surface area contributed by atoms with Crippen molar-refractivity contribution in [1.29, 1.82) is 0 Å². The van der Waals surface area contributed by atoms with E-state index in [1.165, 1.54) is 17.1 Å². The molecular formula is C13H13BrN4O2. The van der Waals surface area contributed by atoms with Crippen molar-refractivity contribution in [3.63, 3.8) is 0 Å². The van der Waals surface area contributed by atoms with Crippen molar-refractivity contribution in [2.24, 2.45) is 0 Å². The van der Waals surface area contributed by atoms with Gasteiger partial charge in [-0.3, -0.25) is 14.2 Å². The zero-order valence-corrected chi connectivity index (χ0v) is 12.3. The molecule has 0 spiro atoms. The molecule has 0 aliphatic carbocycles. The normalized spacial score (nSPS) is 10.3. The maximum atomic E-state index is 12.0.